The minimum atomic E-state index is -4.95. The zero-order valence-electron chi connectivity index (χ0n) is 33.6. The van der Waals surface area contributed by atoms with Crippen molar-refractivity contribution in [3.8, 4) is 11.5 Å². The Labute approximate surface area is 381 Å². The molecule has 338 valence electrons. The minimum Gasteiger partial charge on any atom is -0.508 e. The van der Waals surface area contributed by atoms with Gasteiger partial charge in [-0.1, -0.05) is 10.1 Å². The molecule has 7 rings (SSSR count). The van der Waals surface area contributed by atoms with Crippen LogP contribution in [0.15, 0.2) is 170 Å². The van der Waals surface area contributed by atoms with E-state index >= 15 is 0 Å². The predicted molar refractivity (Wildman–Crippen MR) is 238 cm³/mol. The Bertz CT molecular complexity index is 3360. The van der Waals surface area contributed by atoms with Crippen LogP contribution in [0.25, 0.3) is 21.5 Å². The molecule has 0 amide bonds. The van der Waals surface area contributed by atoms with Gasteiger partial charge < -0.3 is 10.2 Å². The lowest BCUT2D eigenvalue weighted by molar-refractivity contribution is -0.432. The summed E-state index contributed by atoms with van der Waals surface area (Å²) in [7, 11) is -9.85. The highest BCUT2D eigenvalue weighted by atomic mass is 32.2. The normalized spacial score (nSPS) is 12.6. The van der Waals surface area contributed by atoms with E-state index in [1.165, 1.54) is 24.3 Å². The average molecular weight is 975 g/mol. The summed E-state index contributed by atoms with van der Waals surface area (Å²) in [5, 5.41) is 79.7. The average Bonchev–Trinajstić information content (AvgIpc) is 3.27. The van der Waals surface area contributed by atoms with Gasteiger partial charge in [-0.05, 0) is 145 Å². The molecule has 0 atom stereocenters. The summed E-state index contributed by atoms with van der Waals surface area (Å²) in [6, 6.07) is 26.5. The van der Waals surface area contributed by atoms with Crippen molar-refractivity contribution in [1.29, 1.82) is 0 Å². The van der Waals surface area contributed by atoms with Crippen LogP contribution in [-0.4, -0.2) is 46.7 Å². The highest BCUT2D eigenvalue weighted by molar-refractivity contribution is 7.95. The Morgan fingerprint density at radius 2 is 1.00 bits per heavy atom. The fourth-order valence-electron chi connectivity index (χ4n) is 6.12. The molecule has 7 aromatic rings. The zero-order valence-corrected chi connectivity index (χ0v) is 36.8. The van der Waals surface area contributed by atoms with Gasteiger partial charge in [0.1, 0.15) is 26.9 Å². The molecule has 66 heavy (non-hydrogen) atoms. The Hall–Kier alpha value is -6.66. The van der Waals surface area contributed by atoms with Crippen molar-refractivity contribution in [2.24, 2.45) is 40.9 Å². The van der Waals surface area contributed by atoms with Crippen LogP contribution in [-0.2, 0) is 39.0 Å². The van der Waals surface area contributed by atoms with Gasteiger partial charge in [-0.3, -0.25) is 9.11 Å². The zero-order chi connectivity index (χ0) is 47.2. The first-order valence-corrected chi connectivity index (χ1v) is 22.7. The third-order valence-corrected chi connectivity index (χ3v) is 12.1. The lowest BCUT2D eigenvalue weighted by Crippen LogP contribution is -2.02. The van der Waals surface area contributed by atoms with Crippen LogP contribution < -0.4 is 0 Å². The van der Waals surface area contributed by atoms with Crippen LogP contribution in [0.2, 0.25) is 0 Å². The molecule has 0 aromatic heterocycles. The molecule has 0 bridgehead atoms. The first-order valence-electron chi connectivity index (χ1n) is 18.3. The molecule has 0 saturated heterocycles. The number of aromatic hydroxyl groups is 2. The number of benzene rings is 7. The van der Waals surface area contributed by atoms with Gasteiger partial charge in [0.15, 0.2) is 5.75 Å². The molecular weight excluding hydrogens is 945 g/mol. The fourth-order valence-corrected chi connectivity index (χ4v) is 8.51. The molecular formula is C40H30N8O14S4. The standard InChI is InChI=1S/C40H30N8O14S4/c1-21-14-27(44-48-39-36(64-62-60-52)17-23-15-28(5-10-31(23)40(39)50)42-41-25-3-8-29(49)9-4-25)7-11-33(21)45-43-26-6-12-34(22(2)13-26)46-47-35-20-32-24(18-38(35)66(56,57)58)16-30(63-61-59-51)19-37(32)65(53,54)55/h3-20,49-52H,1-2H3,(H,53,54,55)(H,56,57,58). The van der Waals surface area contributed by atoms with E-state index in [0.29, 0.717) is 74.4 Å². The van der Waals surface area contributed by atoms with Crippen LogP contribution in [0.3, 0.4) is 0 Å². The lowest BCUT2D eigenvalue weighted by Gasteiger charge is -2.10. The summed E-state index contributed by atoms with van der Waals surface area (Å²) >= 11 is 0.927. The summed E-state index contributed by atoms with van der Waals surface area (Å²) in [6.45, 7) is 3.44. The van der Waals surface area contributed by atoms with Crippen LogP contribution in [0, 0.1) is 13.8 Å². The molecule has 0 fully saturated rings. The van der Waals surface area contributed by atoms with Crippen molar-refractivity contribution in [2.45, 2.75) is 33.4 Å². The number of azo groups is 4. The second-order valence-electron chi connectivity index (χ2n) is 13.6. The molecule has 0 saturated carbocycles. The van der Waals surface area contributed by atoms with E-state index in [4.69, 9.17) is 10.5 Å². The monoisotopic (exact) mass is 974 g/mol. The summed E-state index contributed by atoms with van der Waals surface area (Å²) in [5.41, 5.74) is 3.23. The first-order chi connectivity index (χ1) is 31.5. The lowest BCUT2D eigenvalue weighted by atomic mass is 10.1. The van der Waals surface area contributed by atoms with Gasteiger partial charge in [0.25, 0.3) is 20.2 Å². The molecule has 0 radical (unpaired) electrons. The summed E-state index contributed by atoms with van der Waals surface area (Å²) < 4.78 is 78.2. The second kappa shape index (κ2) is 20.2. The van der Waals surface area contributed by atoms with E-state index < -0.39 is 35.7 Å². The molecule has 22 nitrogen and oxygen atoms in total. The van der Waals surface area contributed by atoms with E-state index in [0.717, 1.165) is 18.2 Å². The fraction of sp³-hybridized carbons (Fsp3) is 0.0500. The van der Waals surface area contributed by atoms with Crippen LogP contribution in [0.1, 0.15) is 11.1 Å². The van der Waals surface area contributed by atoms with Gasteiger partial charge >= 0.3 is 0 Å². The molecule has 0 heterocycles. The second-order valence-corrected chi connectivity index (χ2v) is 17.9. The van der Waals surface area contributed by atoms with Gasteiger partial charge in [-0.15, -0.1) is 18.9 Å². The highest BCUT2D eigenvalue weighted by Gasteiger charge is 2.23. The maximum Gasteiger partial charge on any atom is 0.296 e. The van der Waals surface area contributed by atoms with Gasteiger partial charge in [-0.25, -0.2) is 10.5 Å². The Kier molecular flexibility index (Phi) is 14.5. The van der Waals surface area contributed by atoms with E-state index in [1.54, 1.807) is 80.6 Å². The third kappa shape index (κ3) is 11.4. The molecule has 0 aliphatic carbocycles. The van der Waals surface area contributed by atoms with Gasteiger partial charge in [0.2, 0.25) is 0 Å². The van der Waals surface area contributed by atoms with E-state index in [2.05, 4.69) is 59.7 Å². The largest absolute Gasteiger partial charge is 0.508 e. The van der Waals surface area contributed by atoms with Crippen LogP contribution >= 0.6 is 24.1 Å². The number of nitrogens with zero attached hydrogens (tertiary/aromatic N) is 8. The highest BCUT2D eigenvalue weighted by Crippen LogP contribution is 2.45. The number of hydrogen-bond acceptors (Lipinski definition) is 22. The van der Waals surface area contributed by atoms with Crippen molar-refractivity contribution < 1.29 is 65.4 Å². The summed E-state index contributed by atoms with van der Waals surface area (Å²) in [6.07, 6.45) is 0. The van der Waals surface area contributed by atoms with Crippen molar-refractivity contribution in [1.82, 2.24) is 0 Å². The SMILES string of the molecule is Cc1cc(N=Nc2c(SOOO)cc3cc(N=Nc4ccc(O)cc4)ccc3c2O)ccc1N=Nc1ccc(N=Nc2cc3c(S(=O)(=O)O)cc(SOOO)cc3cc2S(=O)(=O)O)c(C)c1. The first kappa shape index (κ1) is 47.3. The third-order valence-electron chi connectivity index (χ3n) is 9.17. The molecule has 26 heteroatoms. The number of fused-ring (bicyclic) bond motifs is 2. The summed E-state index contributed by atoms with van der Waals surface area (Å²) in [4.78, 5) is -1.18. The summed E-state index contributed by atoms with van der Waals surface area (Å²) in [5.74, 6) is -0.148. The van der Waals surface area contributed by atoms with Gasteiger partial charge in [-0.2, -0.15) is 47.5 Å². The molecule has 0 aliphatic rings. The number of phenolic OH excluding ortho intramolecular Hbond substituents is 2. The number of hydrogen-bond donors (Lipinski definition) is 6. The number of phenols is 2. The quantitative estimate of drug-likeness (QED) is 0.0172. The Morgan fingerprint density at radius 3 is 1.62 bits per heavy atom. The Balaban J connectivity index is 1.10. The van der Waals surface area contributed by atoms with Crippen molar-refractivity contribution in [2.75, 3.05) is 0 Å². The van der Waals surface area contributed by atoms with Crippen LogP contribution in [0.4, 0.5) is 45.5 Å². The molecule has 6 N–H and O–H groups in total. The maximum atomic E-state index is 12.4. The minimum absolute atomic E-state index is 0.0148. The number of aryl methyl sites for hydroxylation is 2. The number of rotatable bonds is 16. The van der Waals surface area contributed by atoms with E-state index in [1.807, 2.05) is 0 Å². The van der Waals surface area contributed by atoms with E-state index in [9.17, 15) is 36.2 Å². The predicted octanol–water partition coefficient (Wildman–Crippen LogP) is 13.0. The van der Waals surface area contributed by atoms with Crippen LogP contribution in [0.5, 0.6) is 11.5 Å². The smallest absolute Gasteiger partial charge is 0.296 e. The van der Waals surface area contributed by atoms with Crippen molar-refractivity contribution in [3.63, 3.8) is 0 Å². The van der Waals surface area contributed by atoms with Crippen molar-refractivity contribution >= 4 is 111 Å². The molecule has 7 aromatic carbocycles. The van der Waals surface area contributed by atoms with Gasteiger partial charge in [0.05, 0.1) is 63.1 Å². The molecule has 0 spiro atoms. The van der Waals surface area contributed by atoms with Crippen molar-refractivity contribution in [3.05, 3.63) is 120 Å². The maximum absolute atomic E-state index is 12.4. The Morgan fingerprint density at radius 1 is 0.485 bits per heavy atom. The molecule has 0 unspecified atom stereocenters. The topological polar surface area (TPSA) is 325 Å². The molecule has 0 aliphatic heterocycles. The van der Waals surface area contributed by atoms with Gasteiger partial charge in [0, 0.05) is 15.7 Å². The van der Waals surface area contributed by atoms with E-state index in [-0.39, 0.29) is 43.4 Å².